The van der Waals surface area contributed by atoms with Crippen LogP contribution in [0.15, 0.2) is 42.6 Å². The second-order valence-corrected chi connectivity index (χ2v) is 5.65. The molecule has 0 saturated heterocycles. The molecule has 21 heavy (non-hydrogen) atoms. The molecule has 0 saturated carbocycles. The third-order valence-electron chi connectivity index (χ3n) is 3.00. The van der Waals surface area contributed by atoms with Gasteiger partial charge in [-0.05, 0) is 35.2 Å². The van der Waals surface area contributed by atoms with Crippen molar-refractivity contribution < 1.29 is 4.74 Å². The molecule has 5 heteroatoms. The summed E-state index contributed by atoms with van der Waals surface area (Å²) < 4.78 is 5.71. The molecule has 1 aromatic carbocycles. The van der Waals surface area contributed by atoms with E-state index in [0.29, 0.717) is 17.2 Å². The van der Waals surface area contributed by atoms with E-state index in [2.05, 4.69) is 25.8 Å². The van der Waals surface area contributed by atoms with E-state index in [1.807, 2.05) is 24.3 Å². The number of halogens is 1. The quantitative estimate of drug-likeness (QED) is 0.667. The number of amidine groups is 1. The molecule has 1 heterocycles. The van der Waals surface area contributed by atoms with Gasteiger partial charge in [-0.3, -0.25) is 5.41 Å². The normalized spacial score (nSPS) is 10.6. The van der Waals surface area contributed by atoms with Gasteiger partial charge in [0.2, 0.25) is 5.88 Å². The van der Waals surface area contributed by atoms with Crippen molar-refractivity contribution in [2.24, 2.45) is 5.73 Å². The Bertz CT molecular complexity index is 618. The molecular formula is C16H20ClN3O. The fourth-order valence-electron chi connectivity index (χ4n) is 1.81. The monoisotopic (exact) mass is 305 g/mol. The van der Waals surface area contributed by atoms with E-state index in [1.165, 1.54) is 5.56 Å². The van der Waals surface area contributed by atoms with Gasteiger partial charge in [0.05, 0.1) is 5.56 Å². The minimum Gasteiger partial charge on any atom is -0.438 e. The second-order valence-electron chi connectivity index (χ2n) is 5.65. The molecule has 0 atom stereocenters. The molecule has 0 bridgehead atoms. The number of ether oxygens (including phenoxy) is 1. The van der Waals surface area contributed by atoms with Gasteiger partial charge in [0.15, 0.2) is 0 Å². The number of hydrogen-bond acceptors (Lipinski definition) is 3. The Kier molecular flexibility index (Phi) is 5.33. The summed E-state index contributed by atoms with van der Waals surface area (Å²) in [6, 6.07) is 11.3. The number of nitrogens with zero attached hydrogens (tertiary/aromatic N) is 1. The lowest BCUT2D eigenvalue weighted by Gasteiger charge is -2.19. The molecule has 0 aliphatic rings. The van der Waals surface area contributed by atoms with E-state index in [4.69, 9.17) is 15.9 Å². The molecule has 0 spiro atoms. The van der Waals surface area contributed by atoms with Crippen molar-refractivity contribution in [3.05, 3.63) is 53.7 Å². The van der Waals surface area contributed by atoms with Crippen LogP contribution in [0.4, 0.5) is 0 Å². The van der Waals surface area contributed by atoms with Gasteiger partial charge >= 0.3 is 0 Å². The average Bonchev–Trinajstić information content (AvgIpc) is 2.38. The van der Waals surface area contributed by atoms with Gasteiger partial charge < -0.3 is 10.5 Å². The van der Waals surface area contributed by atoms with Crippen LogP contribution in [-0.4, -0.2) is 10.8 Å². The molecule has 1 aromatic heterocycles. The molecule has 0 fully saturated rings. The topological polar surface area (TPSA) is 72.0 Å². The van der Waals surface area contributed by atoms with Crippen LogP contribution in [0.5, 0.6) is 11.6 Å². The van der Waals surface area contributed by atoms with Gasteiger partial charge in [-0.1, -0.05) is 32.9 Å². The fourth-order valence-corrected chi connectivity index (χ4v) is 1.81. The van der Waals surface area contributed by atoms with Crippen molar-refractivity contribution in [2.45, 2.75) is 26.2 Å². The highest BCUT2D eigenvalue weighted by atomic mass is 35.5. The molecule has 112 valence electrons. The molecule has 0 radical (unpaired) electrons. The zero-order valence-corrected chi connectivity index (χ0v) is 13.2. The SMILES string of the molecule is CC(C)(C)c1ccc(Oc2ncccc2C(=N)N)cc1.Cl. The van der Waals surface area contributed by atoms with Gasteiger partial charge in [-0.25, -0.2) is 4.98 Å². The number of benzene rings is 1. The summed E-state index contributed by atoms with van der Waals surface area (Å²) in [5.41, 5.74) is 7.34. The van der Waals surface area contributed by atoms with Crippen LogP contribution in [0.25, 0.3) is 0 Å². The largest absolute Gasteiger partial charge is 0.438 e. The highest BCUT2D eigenvalue weighted by Crippen LogP contribution is 2.27. The first kappa shape index (κ1) is 17.0. The smallest absolute Gasteiger partial charge is 0.230 e. The molecular weight excluding hydrogens is 286 g/mol. The summed E-state index contributed by atoms with van der Waals surface area (Å²) in [4.78, 5) is 4.12. The Hall–Kier alpha value is -2.07. The predicted octanol–water partition coefficient (Wildman–Crippen LogP) is 3.88. The third-order valence-corrected chi connectivity index (χ3v) is 3.00. The second kappa shape index (κ2) is 6.59. The van der Waals surface area contributed by atoms with E-state index in [9.17, 15) is 0 Å². The van der Waals surface area contributed by atoms with E-state index in [0.717, 1.165) is 0 Å². The molecule has 3 N–H and O–H groups in total. The van der Waals surface area contributed by atoms with Crippen molar-refractivity contribution >= 4 is 18.2 Å². The van der Waals surface area contributed by atoms with Crippen molar-refractivity contribution in [1.82, 2.24) is 4.98 Å². The number of nitrogen functional groups attached to an aromatic ring is 1. The maximum absolute atomic E-state index is 7.52. The third kappa shape index (κ3) is 4.20. The number of rotatable bonds is 3. The summed E-state index contributed by atoms with van der Waals surface area (Å²) in [6.45, 7) is 6.49. The summed E-state index contributed by atoms with van der Waals surface area (Å²) in [5, 5.41) is 7.52. The Balaban J connectivity index is 0.00000220. The van der Waals surface area contributed by atoms with Crippen molar-refractivity contribution in [1.29, 1.82) is 5.41 Å². The van der Waals surface area contributed by atoms with E-state index < -0.39 is 0 Å². The lowest BCUT2D eigenvalue weighted by Crippen LogP contribution is -2.13. The molecule has 0 aliphatic carbocycles. The fraction of sp³-hybridized carbons (Fsp3) is 0.250. The summed E-state index contributed by atoms with van der Waals surface area (Å²) in [6.07, 6.45) is 1.62. The van der Waals surface area contributed by atoms with Crippen LogP contribution in [0.2, 0.25) is 0 Å². The highest BCUT2D eigenvalue weighted by Gasteiger charge is 2.14. The van der Waals surface area contributed by atoms with Crippen LogP contribution >= 0.6 is 12.4 Å². The Morgan fingerprint density at radius 2 is 1.76 bits per heavy atom. The number of aromatic nitrogens is 1. The van der Waals surface area contributed by atoms with Gasteiger partial charge in [-0.2, -0.15) is 0 Å². The van der Waals surface area contributed by atoms with E-state index in [-0.39, 0.29) is 23.7 Å². The first-order valence-electron chi connectivity index (χ1n) is 6.46. The Morgan fingerprint density at radius 3 is 2.29 bits per heavy atom. The van der Waals surface area contributed by atoms with Crippen LogP contribution in [0.3, 0.4) is 0 Å². The molecule has 0 aliphatic heterocycles. The summed E-state index contributed by atoms with van der Waals surface area (Å²) in [5.74, 6) is 0.974. The number of hydrogen-bond donors (Lipinski definition) is 2. The summed E-state index contributed by atoms with van der Waals surface area (Å²) in [7, 11) is 0. The van der Waals surface area contributed by atoms with Crippen molar-refractivity contribution in [2.75, 3.05) is 0 Å². The zero-order chi connectivity index (χ0) is 14.8. The molecule has 2 aromatic rings. The number of pyridine rings is 1. The number of nitrogens with one attached hydrogen (secondary N) is 1. The summed E-state index contributed by atoms with van der Waals surface area (Å²) >= 11 is 0. The highest BCUT2D eigenvalue weighted by molar-refractivity contribution is 5.97. The zero-order valence-electron chi connectivity index (χ0n) is 12.4. The first-order valence-corrected chi connectivity index (χ1v) is 6.46. The maximum atomic E-state index is 7.52. The molecule has 0 amide bonds. The van der Waals surface area contributed by atoms with Gasteiger partial charge in [0.25, 0.3) is 0 Å². The van der Waals surface area contributed by atoms with Crippen LogP contribution in [0, 0.1) is 5.41 Å². The lowest BCUT2D eigenvalue weighted by atomic mass is 9.87. The average molecular weight is 306 g/mol. The van der Waals surface area contributed by atoms with Crippen LogP contribution < -0.4 is 10.5 Å². The predicted molar refractivity (Wildman–Crippen MR) is 87.7 cm³/mol. The van der Waals surface area contributed by atoms with Gasteiger partial charge in [-0.15, -0.1) is 12.4 Å². The van der Waals surface area contributed by atoms with Gasteiger partial charge in [0, 0.05) is 6.20 Å². The van der Waals surface area contributed by atoms with Crippen molar-refractivity contribution in [3.63, 3.8) is 0 Å². The molecule has 0 unspecified atom stereocenters. The van der Waals surface area contributed by atoms with Crippen LogP contribution in [0.1, 0.15) is 31.9 Å². The molecule has 2 rings (SSSR count). The maximum Gasteiger partial charge on any atom is 0.230 e. The van der Waals surface area contributed by atoms with E-state index in [1.54, 1.807) is 18.3 Å². The van der Waals surface area contributed by atoms with Crippen LogP contribution in [-0.2, 0) is 5.41 Å². The Morgan fingerprint density at radius 1 is 1.14 bits per heavy atom. The van der Waals surface area contributed by atoms with E-state index >= 15 is 0 Å². The standard InChI is InChI=1S/C16H19N3O.ClH/c1-16(2,3)11-6-8-12(9-7-11)20-15-13(14(17)18)5-4-10-19-15;/h4-10H,1-3H3,(H3,17,18);1H. The molecule has 4 nitrogen and oxygen atoms in total. The minimum atomic E-state index is -0.0561. The Labute approximate surface area is 131 Å². The lowest BCUT2D eigenvalue weighted by molar-refractivity contribution is 0.461. The van der Waals surface area contributed by atoms with Gasteiger partial charge in [0.1, 0.15) is 11.6 Å². The van der Waals surface area contributed by atoms with Crippen molar-refractivity contribution in [3.8, 4) is 11.6 Å². The number of nitrogens with two attached hydrogens (primary N) is 1. The first-order chi connectivity index (χ1) is 9.38. The minimum absolute atomic E-state index is 0.